The number of hydrogen-bond acceptors (Lipinski definition) is 2. The van der Waals surface area contributed by atoms with Crippen molar-refractivity contribution in [2.24, 2.45) is 11.8 Å². The van der Waals surface area contributed by atoms with Crippen molar-refractivity contribution in [3.05, 3.63) is 65.5 Å². The molecule has 0 spiro atoms. The lowest BCUT2D eigenvalue weighted by Crippen LogP contribution is -2.49. The molecule has 2 atom stereocenters. The molecule has 1 fully saturated rings. The van der Waals surface area contributed by atoms with Gasteiger partial charge in [0.25, 0.3) is 5.91 Å². The first-order chi connectivity index (χ1) is 18.2. The van der Waals surface area contributed by atoms with E-state index in [0.717, 1.165) is 48.6 Å². The molecule has 0 radical (unpaired) electrons. The largest absolute Gasteiger partial charge is 0.412 e. The number of benzene rings is 2. The van der Waals surface area contributed by atoms with Gasteiger partial charge in [-0.1, -0.05) is 90.6 Å². The van der Waals surface area contributed by atoms with Crippen LogP contribution < -0.4 is 4.90 Å². The molecule has 0 heterocycles. The third-order valence-corrected chi connectivity index (χ3v) is 8.05. The molecule has 1 aliphatic carbocycles. The lowest BCUT2D eigenvalue weighted by atomic mass is 9.92. The number of halogens is 1. The number of rotatable bonds is 9. The summed E-state index contributed by atoms with van der Waals surface area (Å²) in [6.45, 7) is 15.4. The number of aryl methyl sites for hydroxylation is 1. The van der Waals surface area contributed by atoms with Gasteiger partial charge >= 0.3 is 0 Å². The van der Waals surface area contributed by atoms with Crippen LogP contribution >= 0.6 is 0 Å². The van der Waals surface area contributed by atoms with Gasteiger partial charge in [-0.25, -0.2) is 4.39 Å². The monoisotopic (exact) mass is 562 g/mol. The van der Waals surface area contributed by atoms with E-state index in [4.69, 9.17) is 0 Å². The van der Waals surface area contributed by atoms with Gasteiger partial charge in [-0.05, 0) is 67.9 Å². The Kier molecular flexibility index (Phi) is 17.3. The van der Waals surface area contributed by atoms with Crippen LogP contribution in [-0.4, -0.2) is 40.3 Å². The van der Waals surface area contributed by atoms with Crippen molar-refractivity contribution in [1.82, 2.24) is 4.90 Å². The normalized spacial score (nSPS) is 14.5. The SMILES string of the molecule is CCC(=O)N(c1cccc(F)c1)C(C(=O)N(CC)C1CCCCC1)c1ccccc1C.CC[C@H](C)C(C)C.O.O.[HH]. The van der Waals surface area contributed by atoms with Gasteiger partial charge in [-0.15, -0.1) is 0 Å². The smallest absolute Gasteiger partial charge is 0.250 e. The van der Waals surface area contributed by atoms with Crippen LogP contribution in [0.2, 0.25) is 0 Å². The molecule has 3 rings (SSSR count). The van der Waals surface area contributed by atoms with E-state index in [1.54, 1.807) is 19.1 Å². The summed E-state index contributed by atoms with van der Waals surface area (Å²) >= 11 is 0. The lowest BCUT2D eigenvalue weighted by Gasteiger charge is -2.39. The van der Waals surface area contributed by atoms with Crippen molar-refractivity contribution in [3.8, 4) is 0 Å². The fraction of sp³-hybridized carbons (Fsp3) is 0.576. The average Bonchev–Trinajstić information content (AvgIpc) is 2.92. The second-order valence-electron chi connectivity index (χ2n) is 10.9. The molecule has 1 saturated carbocycles. The molecular weight excluding hydrogens is 507 g/mol. The van der Waals surface area contributed by atoms with E-state index < -0.39 is 11.9 Å². The summed E-state index contributed by atoms with van der Waals surface area (Å²) in [6.07, 6.45) is 6.95. The maximum absolute atomic E-state index is 14.1. The minimum atomic E-state index is -0.822. The number of amides is 2. The van der Waals surface area contributed by atoms with Crippen molar-refractivity contribution in [2.75, 3.05) is 11.4 Å². The van der Waals surface area contributed by atoms with E-state index in [2.05, 4.69) is 27.7 Å². The Balaban J connectivity index is 0. The summed E-state index contributed by atoms with van der Waals surface area (Å²) in [5.41, 5.74) is 2.13. The van der Waals surface area contributed by atoms with Gasteiger partial charge in [0.05, 0.1) is 0 Å². The molecular formula is C33H55FN2O4. The van der Waals surface area contributed by atoms with Crippen molar-refractivity contribution in [3.63, 3.8) is 0 Å². The van der Waals surface area contributed by atoms with Gasteiger partial charge in [-0.2, -0.15) is 0 Å². The molecule has 40 heavy (non-hydrogen) atoms. The van der Waals surface area contributed by atoms with E-state index in [9.17, 15) is 14.0 Å². The third kappa shape index (κ3) is 10.0. The summed E-state index contributed by atoms with van der Waals surface area (Å²) in [6, 6.07) is 13.0. The maximum Gasteiger partial charge on any atom is 0.250 e. The van der Waals surface area contributed by atoms with Crippen LogP contribution in [0.15, 0.2) is 48.5 Å². The number of carbonyl (C=O) groups excluding carboxylic acids is 2. The van der Waals surface area contributed by atoms with E-state index in [0.29, 0.717) is 12.2 Å². The molecule has 1 aliphatic rings. The van der Waals surface area contributed by atoms with Crippen LogP contribution in [0.25, 0.3) is 0 Å². The Morgan fingerprint density at radius 1 is 0.950 bits per heavy atom. The fourth-order valence-electron chi connectivity index (χ4n) is 5.12. The number of carbonyl (C=O) groups is 2. The highest BCUT2D eigenvalue weighted by Gasteiger charge is 2.37. The average molecular weight is 563 g/mol. The topological polar surface area (TPSA) is 104 Å². The van der Waals surface area contributed by atoms with E-state index in [1.165, 1.54) is 29.9 Å². The summed E-state index contributed by atoms with van der Waals surface area (Å²) in [5.74, 6) is 1.05. The van der Waals surface area contributed by atoms with E-state index in [-0.39, 0.29) is 36.7 Å². The minimum absolute atomic E-state index is 0. The first-order valence-corrected chi connectivity index (χ1v) is 14.6. The first kappa shape index (κ1) is 37.2. The zero-order valence-electron chi connectivity index (χ0n) is 25.7. The first-order valence-electron chi connectivity index (χ1n) is 14.6. The van der Waals surface area contributed by atoms with E-state index in [1.807, 2.05) is 43.0 Å². The highest BCUT2D eigenvalue weighted by Crippen LogP contribution is 2.34. The standard InChI is InChI=1S/C26H33FN2O2.C7H16.2H2O.H2/c1-4-24(30)29(22-16-11-13-20(27)18-22)25(23-17-10-9-12-19(23)3)26(31)28(5-2)21-14-7-6-8-15-21;1-5-7(4)6(2)3;;;/h9-13,16-18,21,25H,4-8,14-15H2,1-3H3;6-7H,5H2,1-4H3;2*1H2;1H/t;7-;;;/m.0.../s1. The predicted molar refractivity (Wildman–Crippen MR) is 166 cm³/mol. The maximum atomic E-state index is 14.1. The fourth-order valence-corrected chi connectivity index (χ4v) is 5.12. The van der Waals surface area contributed by atoms with Crippen LogP contribution in [0.1, 0.15) is 105 Å². The van der Waals surface area contributed by atoms with Crippen molar-refractivity contribution < 1.29 is 26.4 Å². The zero-order valence-corrected chi connectivity index (χ0v) is 25.7. The van der Waals surface area contributed by atoms with Gasteiger partial charge in [0.2, 0.25) is 5.91 Å². The van der Waals surface area contributed by atoms with Crippen LogP contribution in [0.5, 0.6) is 0 Å². The molecule has 0 bridgehead atoms. The van der Waals surface area contributed by atoms with Gasteiger partial charge in [0.15, 0.2) is 0 Å². The van der Waals surface area contributed by atoms with Crippen molar-refractivity contribution in [1.29, 1.82) is 0 Å². The quantitative estimate of drug-likeness (QED) is 0.326. The Hall–Kier alpha value is -2.77. The molecule has 1 unspecified atom stereocenters. The van der Waals surface area contributed by atoms with E-state index >= 15 is 0 Å². The van der Waals surface area contributed by atoms with Crippen LogP contribution in [0.3, 0.4) is 0 Å². The highest BCUT2D eigenvalue weighted by molar-refractivity contribution is 6.01. The van der Waals surface area contributed by atoms with Gasteiger partial charge in [-0.3, -0.25) is 14.5 Å². The Morgan fingerprint density at radius 2 is 1.57 bits per heavy atom. The molecule has 0 saturated heterocycles. The van der Waals surface area contributed by atoms with Crippen LogP contribution in [-0.2, 0) is 9.59 Å². The summed E-state index contributed by atoms with van der Waals surface area (Å²) < 4.78 is 14.1. The Morgan fingerprint density at radius 3 is 2.05 bits per heavy atom. The summed E-state index contributed by atoms with van der Waals surface area (Å²) in [4.78, 5) is 30.7. The Bertz CT molecular complexity index is 1030. The van der Waals surface area contributed by atoms with Crippen molar-refractivity contribution in [2.45, 2.75) is 105 Å². The van der Waals surface area contributed by atoms with Crippen LogP contribution in [0.4, 0.5) is 10.1 Å². The van der Waals surface area contributed by atoms with Gasteiger partial charge in [0.1, 0.15) is 11.9 Å². The zero-order chi connectivity index (χ0) is 28.2. The van der Waals surface area contributed by atoms with Gasteiger partial charge in [0, 0.05) is 26.1 Å². The second-order valence-corrected chi connectivity index (χ2v) is 10.9. The molecule has 2 aromatic carbocycles. The molecule has 2 amide bonds. The second kappa shape index (κ2) is 18.6. The number of hydrogen-bond donors (Lipinski definition) is 0. The third-order valence-electron chi connectivity index (χ3n) is 8.05. The highest BCUT2D eigenvalue weighted by atomic mass is 19.1. The van der Waals surface area contributed by atoms with Gasteiger partial charge < -0.3 is 15.9 Å². The summed E-state index contributed by atoms with van der Waals surface area (Å²) in [7, 11) is 0. The van der Waals surface area contributed by atoms with Crippen LogP contribution in [0, 0.1) is 24.6 Å². The molecule has 7 heteroatoms. The Labute approximate surface area is 243 Å². The number of anilines is 1. The molecule has 6 nitrogen and oxygen atoms in total. The molecule has 0 aliphatic heterocycles. The number of nitrogens with zero attached hydrogens (tertiary/aromatic N) is 2. The minimum Gasteiger partial charge on any atom is -0.412 e. The summed E-state index contributed by atoms with van der Waals surface area (Å²) in [5, 5.41) is 0. The molecule has 0 aromatic heterocycles. The van der Waals surface area contributed by atoms with Crippen molar-refractivity contribution >= 4 is 17.5 Å². The molecule has 228 valence electrons. The molecule has 4 N–H and O–H groups in total. The number of likely N-dealkylation sites (N-methyl/N-ethyl adjacent to an activating group) is 1. The molecule has 2 aromatic rings. The predicted octanol–water partition coefficient (Wildman–Crippen LogP) is 7.08. The lowest BCUT2D eigenvalue weighted by molar-refractivity contribution is -0.137.